The first-order valence-corrected chi connectivity index (χ1v) is 11.6. The second-order valence-corrected chi connectivity index (χ2v) is 9.16. The molecule has 2 aromatic heterocycles. The van der Waals surface area contributed by atoms with Gasteiger partial charge in [-0.15, -0.1) is 11.3 Å². The number of fused-ring (bicyclic) bond motifs is 1. The van der Waals surface area contributed by atoms with Crippen molar-refractivity contribution in [3.63, 3.8) is 0 Å². The van der Waals surface area contributed by atoms with Crippen LogP contribution in [0.1, 0.15) is 39.7 Å². The maximum atomic E-state index is 12.9. The number of nitrogens with zero attached hydrogens (tertiary/aromatic N) is 3. The lowest BCUT2D eigenvalue weighted by Gasteiger charge is -2.31. The van der Waals surface area contributed by atoms with E-state index < -0.39 is 11.7 Å². The van der Waals surface area contributed by atoms with Crippen LogP contribution in [0.2, 0.25) is 0 Å². The van der Waals surface area contributed by atoms with Crippen molar-refractivity contribution in [3.8, 4) is 11.6 Å². The summed E-state index contributed by atoms with van der Waals surface area (Å²) in [5, 5.41) is 1.13. The third kappa shape index (κ3) is 4.75. The van der Waals surface area contributed by atoms with Gasteiger partial charge in [0.15, 0.2) is 0 Å². The van der Waals surface area contributed by atoms with E-state index in [0.29, 0.717) is 30.3 Å². The van der Waals surface area contributed by atoms with Crippen LogP contribution in [-0.2, 0) is 6.18 Å². The fourth-order valence-electron chi connectivity index (χ4n) is 3.97. The predicted molar refractivity (Wildman–Crippen MR) is 123 cm³/mol. The molecule has 0 radical (unpaired) electrons. The summed E-state index contributed by atoms with van der Waals surface area (Å²) in [6.45, 7) is 1.32. The van der Waals surface area contributed by atoms with Gasteiger partial charge in [0.1, 0.15) is 5.75 Å². The average Bonchev–Trinajstić information content (AvgIpc) is 3.28. The van der Waals surface area contributed by atoms with Crippen LogP contribution in [0.15, 0.2) is 66.9 Å². The number of carbonyl (C=O) groups excluding carboxylic acids is 1. The number of carbonyl (C=O) groups is 1. The summed E-state index contributed by atoms with van der Waals surface area (Å²) in [5.41, 5.74) is 0.716. The van der Waals surface area contributed by atoms with Crippen LogP contribution in [0.5, 0.6) is 11.6 Å². The summed E-state index contributed by atoms with van der Waals surface area (Å²) in [6, 6.07) is 16.7. The number of alkyl halides is 3. The Kier molecular flexibility index (Phi) is 5.95. The van der Waals surface area contributed by atoms with E-state index in [1.807, 2.05) is 23.1 Å². The lowest BCUT2D eigenvalue weighted by Crippen LogP contribution is -2.37. The maximum absolute atomic E-state index is 12.9. The highest BCUT2D eigenvalue weighted by atomic mass is 32.1. The molecule has 1 fully saturated rings. The van der Waals surface area contributed by atoms with E-state index >= 15 is 0 Å². The Balaban J connectivity index is 1.18. The molecule has 0 N–H and O–H groups in total. The number of pyridine rings is 1. The first-order valence-electron chi connectivity index (χ1n) is 10.8. The van der Waals surface area contributed by atoms with Crippen LogP contribution < -0.4 is 4.74 Å². The van der Waals surface area contributed by atoms with Crippen LogP contribution >= 0.6 is 11.3 Å². The molecule has 0 unspecified atom stereocenters. The zero-order valence-corrected chi connectivity index (χ0v) is 18.8. The molecule has 0 saturated carbocycles. The van der Waals surface area contributed by atoms with Gasteiger partial charge in [0.05, 0.1) is 20.8 Å². The Hall–Kier alpha value is -3.46. The monoisotopic (exact) mass is 483 g/mol. The Bertz CT molecular complexity index is 1260. The number of ether oxygens (including phenoxy) is 1. The molecule has 9 heteroatoms. The van der Waals surface area contributed by atoms with E-state index in [1.165, 1.54) is 4.70 Å². The fourth-order valence-corrected chi connectivity index (χ4v) is 5.11. The van der Waals surface area contributed by atoms with Gasteiger partial charge in [-0.25, -0.2) is 9.97 Å². The summed E-state index contributed by atoms with van der Waals surface area (Å²) in [6.07, 6.45) is -1.99. The molecule has 1 aliphatic rings. The standard InChI is InChI=1S/C25H20F3N3O2S/c26-25(27,28)18-7-10-22(29-15-18)33-19-8-5-17(6-9-19)24(32)31-13-11-16(12-14-31)23-30-20-3-1-2-4-21(20)34-23/h1-10,15-16H,11-14H2. The number of para-hydroxylation sites is 1. The first-order chi connectivity index (χ1) is 16.4. The van der Waals surface area contributed by atoms with Crippen molar-refractivity contribution in [2.45, 2.75) is 24.9 Å². The molecule has 0 aliphatic carbocycles. The number of hydrogen-bond donors (Lipinski definition) is 0. The van der Waals surface area contributed by atoms with Crippen LogP contribution in [0.3, 0.4) is 0 Å². The van der Waals surface area contributed by atoms with Crippen LogP contribution in [0, 0.1) is 0 Å². The molecule has 0 spiro atoms. The van der Waals surface area contributed by atoms with Crippen LogP contribution in [0.25, 0.3) is 10.2 Å². The number of hydrogen-bond acceptors (Lipinski definition) is 5. The average molecular weight is 484 g/mol. The normalized spacial score (nSPS) is 15.0. The summed E-state index contributed by atoms with van der Waals surface area (Å²) in [7, 11) is 0. The number of halogens is 3. The van der Waals surface area contributed by atoms with Gasteiger partial charge in [-0.05, 0) is 55.3 Å². The molecular formula is C25H20F3N3O2S. The third-order valence-corrected chi connectivity index (χ3v) is 7.03. The van der Waals surface area contributed by atoms with Gasteiger partial charge in [-0.3, -0.25) is 4.79 Å². The smallest absolute Gasteiger partial charge is 0.417 e. The summed E-state index contributed by atoms with van der Waals surface area (Å²) in [5.74, 6) is 0.734. The maximum Gasteiger partial charge on any atom is 0.417 e. The van der Waals surface area contributed by atoms with Crippen molar-refractivity contribution in [1.82, 2.24) is 14.9 Å². The Morgan fingerprint density at radius 3 is 2.38 bits per heavy atom. The molecule has 2 aromatic carbocycles. The molecule has 3 heterocycles. The van der Waals surface area contributed by atoms with Gasteiger partial charge in [0.25, 0.3) is 5.91 Å². The molecular weight excluding hydrogens is 463 g/mol. The number of amides is 1. The molecule has 1 aliphatic heterocycles. The van der Waals surface area contributed by atoms with E-state index in [0.717, 1.165) is 41.7 Å². The molecule has 1 saturated heterocycles. The highest BCUT2D eigenvalue weighted by Gasteiger charge is 2.31. The van der Waals surface area contributed by atoms with Gasteiger partial charge < -0.3 is 9.64 Å². The lowest BCUT2D eigenvalue weighted by molar-refractivity contribution is -0.137. The van der Waals surface area contributed by atoms with E-state index in [9.17, 15) is 18.0 Å². The number of aromatic nitrogens is 2. The second kappa shape index (κ2) is 9.06. The lowest BCUT2D eigenvalue weighted by atomic mass is 9.97. The molecule has 174 valence electrons. The second-order valence-electron chi connectivity index (χ2n) is 8.10. The number of rotatable bonds is 4. The van der Waals surface area contributed by atoms with Gasteiger partial charge in [0.2, 0.25) is 5.88 Å². The van der Waals surface area contributed by atoms with Gasteiger partial charge >= 0.3 is 6.18 Å². The number of piperidine rings is 1. The van der Waals surface area contributed by atoms with Crippen molar-refractivity contribution < 1.29 is 22.7 Å². The van der Waals surface area contributed by atoms with Crippen molar-refractivity contribution in [2.24, 2.45) is 0 Å². The van der Waals surface area contributed by atoms with Crippen molar-refractivity contribution in [3.05, 3.63) is 83.0 Å². The fraction of sp³-hybridized carbons (Fsp3) is 0.240. The van der Waals surface area contributed by atoms with Crippen molar-refractivity contribution >= 4 is 27.5 Å². The molecule has 5 nitrogen and oxygen atoms in total. The minimum Gasteiger partial charge on any atom is -0.439 e. The van der Waals surface area contributed by atoms with E-state index in [4.69, 9.17) is 9.72 Å². The van der Waals surface area contributed by atoms with Gasteiger partial charge in [-0.1, -0.05) is 12.1 Å². The number of benzene rings is 2. The van der Waals surface area contributed by atoms with Crippen molar-refractivity contribution in [1.29, 1.82) is 0 Å². The highest BCUT2D eigenvalue weighted by Crippen LogP contribution is 2.34. The molecule has 4 aromatic rings. The predicted octanol–water partition coefficient (Wildman–Crippen LogP) is 6.52. The summed E-state index contributed by atoms with van der Waals surface area (Å²) < 4.78 is 44.6. The minimum absolute atomic E-state index is 0.0454. The SMILES string of the molecule is O=C(c1ccc(Oc2ccc(C(F)(F)F)cn2)cc1)N1CCC(c2nc3ccccc3s2)CC1. The number of thiazole rings is 1. The quantitative estimate of drug-likeness (QED) is 0.332. The van der Waals surface area contributed by atoms with E-state index in [2.05, 4.69) is 11.1 Å². The molecule has 0 bridgehead atoms. The molecule has 34 heavy (non-hydrogen) atoms. The van der Waals surface area contributed by atoms with Crippen molar-refractivity contribution in [2.75, 3.05) is 13.1 Å². The molecule has 0 atom stereocenters. The van der Waals surface area contributed by atoms with Crippen LogP contribution in [-0.4, -0.2) is 33.9 Å². The Morgan fingerprint density at radius 1 is 1.00 bits per heavy atom. The Labute approximate surface area is 197 Å². The Morgan fingerprint density at radius 2 is 1.74 bits per heavy atom. The van der Waals surface area contributed by atoms with Crippen LogP contribution in [0.4, 0.5) is 13.2 Å². The number of likely N-dealkylation sites (tertiary alicyclic amines) is 1. The van der Waals surface area contributed by atoms with E-state index in [1.54, 1.807) is 35.6 Å². The van der Waals surface area contributed by atoms with E-state index in [-0.39, 0.29) is 11.8 Å². The third-order valence-electron chi connectivity index (χ3n) is 5.83. The highest BCUT2D eigenvalue weighted by molar-refractivity contribution is 7.18. The van der Waals surface area contributed by atoms with Gasteiger partial charge in [0, 0.05) is 36.8 Å². The molecule has 5 rings (SSSR count). The zero-order valence-electron chi connectivity index (χ0n) is 18.0. The molecule has 1 amide bonds. The summed E-state index contributed by atoms with van der Waals surface area (Å²) in [4.78, 5) is 23.2. The largest absolute Gasteiger partial charge is 0.439 e. The first kappa shape index (κ1) is 22.3. The summed E-state index contributed by atoms with van der Waals surface area (Å²) >= 11 is 1.72. The minimum atomic E-state index is -4.45. The zero-order chi connectivity index (χ0) is 23.7. The topological polar surface area (TPSA) is 55.3 Å². The van der Waals surface area contributed by atoms with Gasteiger partial charge in [-0.2, -0.15) is 13.2 Å².